The number of nitrogens with zero attached hydrogens (tertiary/aromatic N) is 1. The molecular weight excluding hydrogens is 296 g/mol. The quantitative estimate of drug-likeness (QED) is 0.898. The Kier molecular flexibility index (Phi) is 4.52. The molecule has 0 bridgehead atoms. The minimum Gasteiger partial charge on any atom is -0.497 e. The van der Waals surface area contributed by atoms with Crippen LogP contribution in [0.25, 0.3) is 0 Å². The summed E-state index contributed by atoms with van der Waals surface area (Å²) in [6, 6.07) is 13.5. The molecule has 1 N–H and O–H groups in total. The van der Waals surface area contributed by atoms with E-state index in [0.29, 0.717) is 12.0 Å². The number of aromatic nitrogens is 1. The van der Waals surface area contributed by atoms with Crippen molar-refractivity contribution in [1.29, 1.82) is 0 Å². The molecule has 3 nitrogen and oxygen atoms in total. The van der Waals surface area contributed by atoms with Crippen LogP contribution < -0.4 is 10.1 Å². The highest BCUT2D eigenvalue weighted by Crippen LogP contribution is 2.54. The summed E-state index contributed by atoms with van der Waals surface area (Å²) in [5, 5.41) is 3.85. The number of ether oxygens (including phenoxy) is 1. The normalized spacial score (nSPS) is 28.7. The summed E-state index contributed by atoms with van der Waals surface area (Å²) in [5.41, 5.74) is 2.78. The highest BCUT2D eigenvalue weighted by molar-refractivity contribution is 5.33. The maximum Gasteiger partial charge on any atom is 0.118 e. The number of pyridine rings is 1. The molecule has 1 aromatic carbocycles. The Morgan fingerprint density at radius 1 is 1.00 bits per heavy atom. The van der Waals surface area contributed by atoms with Gasteiger partial charge in [-0.3, -0.25) is 4.98 Å². The Bertz CT molecular complexity index is 655. The van der Waals surface area contributed by atoms with Crippen LogP contribution in [0.3, 0.4) is 0 Å². The highest BCUT2D eigenvalue weighted by atomic mass is 16.5. The number of benzene rings is 1. The summed E-state index contributed by atoms with van der Waals surface area (Å²) in [5.74, 6) is 3.28. The standard InChI is InChI=1S/C21H26N2O/c1-24-17-8-6-16(7-9-17)20-18-4-2-3-5-19(18)21(20)23-14-15-10-12-22-13-11-15/h6-13,18-21,23H,2-5,14H2,1H3/t18-,19-,20-,21-/m0/s1. The molecule has 2 aliphatic rings. The van der Waals surface area contributed by atoms with Crippen molar-refractivity contribution in [2.45, 2.75) is 44.2 Å². The fourth-order valence-electron chi connectivity index (χ4n) is 4.76. The molecule has 2 fully saturated rings. The van der Waals surface area contributed by atoms with E-state index in [1.54, 1.807) is 7.11 Å². The van der Waals surface area contributed by atoms with Crippen LogP contribution in [-0.2, 0) is 6.54 Å². The molecule has 1 heterocycles. The van der Waals surface area contributed by atoms with Crippen molar-refractivity contribution < 1.29 is 4.74 Å². The van der Waals surface area contributed by atoms with Gasteiger partial charge in [-0.1, -0.05) is 25.0 Å². The molecule has 0 amide bonds. The van der Waals surface area contributed by atoms with Crippen molar-refractivity contribution in [2.24, 2.45) is 11.8 Å². The summed E-state index contributed by atoms with van der Waals surface area (Å²) >= 11 is 0. The molecular formula is C21H26N2O. The maximum absolute atomic E-state index is 5.32. The molecule has 2 saturated carbocycles. The lowest BCUT2D eigenvalue weighted by molar-refractivity contribution is 0.0254. The Morgan fingerprint density at radius 3 is 2.42 bits per heavy atom. The van der Waals surface area contributed by atoms with Crippen LogP contribution in [0.4, 0.5) is 0 Å². The molecule has 4 atom stereocenters. The molecule has 4 rings (SSSR count). The van der Waals surface area contributed by atoms with Gasteiger partial charge in [-0.2, -0.15) is 0 Å². The van der Waals surface area contributed by atoms with Crippen LogP contribution in [0.1, 0.15) is 42.7 Å². The molecule has 0 saturated heterocycles. The van der Waals surface area contributed by atoms with Crippen molar-refractivity contribution in [3.63, 3.8) is 0 Å². The first-order valence-electron chi connectivity index (χ1n) is 9.13. The molecule has 126 valence electrons. The van der Waals surface area contributed by atoms with E-state index in [2.05, 4.69) is 46.7 Å². The third-order valence-corrected chi connectivity index (χ3v) is 5.98. The Morgan fingerprint density at radius 2 is 1.71 bits per heavy atom. The molecule has 0 aliphatic heterocycles. The molecule has 0 unspecified atom stereocenters. The maximum atomic E-state index is 5.32. The van der Waals surface area contributed by atoms with Gasteiger partial charge in [0.05, 0.1) is 7.11 Å². The minimum atomic E-state index is 0.594. The monoisotopic (exact) mass is 322 g/mol. The number of hydrogen-bond donors (Lipinski definition) is 1. The SMILES string of the molecule is COc1ccc([C@H]2[C@H]3CCCC[C@@H]3[C@@H]2NCc2ccncc2)cc1. The van der Waals surface area contributed by atoms with E-state index in [4.69, 9.17) is 4.74 Å². The van der Waals surface area contributed by atoms with Crippen LogP contribution in [0, 0.1) is 11.8 Å². The van der Waals surface area contributed by atoms with Gasteiger partial charge < -0.3 is 10.1 Å². The second-order valence-electron chi connectivity index (χ2n) is 7.17. The average molecular weight is 322 g/mol. The van der Waals surface area contributed by atoms with Crippen LogP contribution in [0.2, 0.25) is 0 Å². The van der Waals surface area contributed by atoms with Crippen LogP contribution in [0.5, 0.6) is 5.75 Å². The van der Waals surface area contributed by atoms with E-state index in [0.717, 1.165) is 24.1 Å². The summed E-state index contributed by atoms with van der Waals surface area (Å²) in [6.07, 6.45) is 9.30. The zero-order valence-electron chi connectivity index (χ0n) is 14.3. The lowest BCUT2D eigenvalue weighted by Crippen LogP contribution is -2.57. The van der Waals surface area contributed by atoms with Gasteiger partial charge >= 0.3 is 0 Å². The van der Waals surface area contributed by atoms with Crippen LogP contribution in [-0.4, -0.2) is 18.1 Å². The topological polar surface area (TPSA) is 34.1 Å². The first-order chi connectivity index (χ1) is 11.9. The number of fused-ring (bicyclic) bond motifs is 1. The first kappa shape index (κ1) is 15.6. The predicted octanol–water partition coefficient (Wildman–Crippen LogP) is 4.15. The summed E-state index contributed by atoms with van der Waals surface area (Å²) in [7, 11) is 1.73. The van der Waals surface area contributed by atoms with Crippen LogP contribution in [0.15, 0.2) is 48.8 Å². The van der Waals surface area contributed by atoms with Crippen LogP contribution >= 0.6 is 0 Å². The van der Waals surface area contributed by atoms with Gasteiger partial charge in [0, 0.05) is 30.9 Å². The summed E-state index contributed by atoms with van der Waals surface area (Å²) in [6.45, 7) is 0.934. The Labute approximate surface area is 144 Å². The van der Waals surface area contributed by atoms with Gasteiger partial charge in [0.2, 0.25) is 0 Å². The smallest absolute Gasteiger partial charge is 0.118 e. The third kappa shape index (κ3) is 2.93. The predicted molar refractivity (Wildman–Crippen MR) is 96.0 cm³/mol. The van der Waals surface area contributed by atoms with Crippen molar-refractivity contribution in [3.05, 3.63) is 59.9 Å². The van der Waals surface area contributed by atoms with E-state index >= 15 is 0 Å². The zero-order chi connectivity index (χ0) is 16.4. The molecule has 3 heteroatoms. The van der Waals surface area contributed by atoms with Gasteiger partial charge in [-0.25, -0.2) is 0 Å². The molecule has 2 aromatic rings. The van der Waals surface area contributed by atoms with Crippen molar-refractivity contribution in [3.8, 4) is 5.75 Å². The number of nitrogens with one attached hydrogen (secondary N) is 1. The van der Waals surface area contributed by atoms with E-state index in [-0.39, 0.29) is 0 Å². The average Bonchev–Trinajstić information content (AvgIpc) is 2.64. The second-order valence-corrected chi connectivity index (χ2v) is 7.17. The molecule has 1 aromatic heterocycles. The summed E-state index contributed by atoms with van der Waals surface area (Å²) in [4.78, 5) is 4.11. The highest BCUT2D eigenvalue weighted by Gasteiger charge is 2.50. The van der Waals surface area contributed by atoms with Gasteiger partial charge in [-0.15, -0.1) is 0 Å². The van der Waals surface area contributed by atoms with Crippen molar-refractivity contribution in [2.75, 3.05) is 7.11 Å². The lowest BCUT2D eigenvalue weighted by atomic mass is 9.53. The fraction of sp³-hybridized carbons (Fsp3) is 0.476. The van der Waals surface area contributed by atoms with E-state index in [1.807, 2.05) is 12.4 Å². The van der Waals surface area contributed by atoms with Gasteiger partial charge in [0.15, 0.2) is 0 Å². The molecule has 0 spiro atoms. The molecule has 24 heavy (non-hydrogen) atoms. The Hall–Kier alpha value is -1.87. The van der Waals surface area contributed by atoms with Gasteiger partial charge in [-0.05, 0) is 60.1 Å². The van der Waals surface area contributed by atoms with Gasteiger partial charge in [0.1, 0.15) is 5.75 Å². The minimum absolute atomic E-state index is 0.594. The lowest BCUT2D eigenvalue weighted by Gasteiger charge is -2.55. The second kappa shape index (κ2) is 6.94. The van der Waals surface area contributed by atoms with E-state index in [9.17, 15) is 0 Å². The molecule has 2 aliphatic carbocycles. The fourth-order valence-corrected chi connectivity index (χ4v) is 4.76. The van der Waals surface area contributed by atoms with Crippen molar-refractivity contribution in [1.82, 2.24) is 10.3 Å². The van der Waals surface area contributed by atoms with E-state index < -0.39 is 0 Å². The van der Waals surface area contributed by atoms with E-state index in [1.165, 1.54) is 36.8 Å². The van der Waals surface area contributed by atoms with Crippen molar-refractivity contribution >= 4 is 0 Å². The third-order valence-electron chi connectivity index (χ3n) is 5.98. The number of rotatable bonds is 5. The first-order valence-corrected chi connectivity index (χ1v) is 9.13. The molecule has 0 radical (unpaired) electrons. The summed E-state index contributed by atoms with van der Waals surface area (Å²) < 4.78 is 5.32. The Balaban J connectivity index is 1.50. The number of hydrogen-bond acceptors (Lipinski definition) is 3. The zero-order valence-corrected chi connectivity index (χ0v) is 14.3. The largest absolute Gasteiger partial charge is 0.497 e. The number of methoxy groups -OCH3 is 1. The van der Waals surface area contributed by atoms with Gasteiger partial charge in [0.25, 0.3) is 0 Å².